The largest absolute Gasteiger partial charge is 0.493 e. The van der Waals surface area contributed by atoms with E-state index in [1.807, 2.05) is 18.5 Å². The molecule has 0 bridgehead atoms. The molecule has 1 aromatic heterocycles. The predicted molar refractivity (Wildman–Crippen MR) is 107 cm³/mol. The van der Waals surface area contributed by atoms with Gasteiger partial charge in [0.1, 0.15) is 0 Å². The number of hydrogen-bond donors (Lipinski definition) is 1. The van der Waals surface area contributed by atoms with Gasteiger partial charge in [-0.15, -0.1) is 0 Å². The van der Waals surface area contributed by atoms with E-state index in [0.29, 0.717) is 12.0 Å². The maximum absolute atomic E-state index is 5.56. The molecule has 0 amide bonds. The van der Waals surface area contributed by atoms with Gasteiger partial charge in [0.25, 0.3) is 0 Å². The molecule has 4 nitrogen and oxygen atoms in total. The molecule has 0 radical (unpaired) electrons. The number of pyridine rings is 1. The SMILES string of the molecule is COc1ccc([C@H]2C3CCCCC3[C@@H]2NCc2ccncc2C)cc1OC. The summed E-state index contributed by atoms with van der Waals surface area (Å²) in [4.78, 5) is 4.22. The molecule has 1 N–H and O–H groups in total. The molecule has 0 aliphatic heterocycles. The van der Waals surface area contributed by atoms with E-state index < -0.39 is 0 Å². The Hall–Kier alpha value is -2.07. The molecule has 1 aromatic carbocycles. The molecule has 0 saturated heterocycles. The molecule has 27 heavy (non-hydrogen) atoms. The number of aryl methyl sites for hydroxylation is 1. The van der Waals surface area contributed by atoms with Crippen LogP contribution in [0.5, 0.6) is 11.5 Å². The number of fused-ring (bicyclic) bond motifs is 1. The van der Waals surface area contributed by atoms with Gasteiger partial charge < -0.3 is 14.8 Å². The third-order valence-electron chi connectivity index (χ3n) is 6.64. The number of ether oxygens (including phenoxy) is 2. The third-order valence-corrected chi connectivity index (χ3v) is 6.64. The lowest BCUT2D eigenvalue weighted by Gasteiger charge is -2.55. The lowest BCUT2D eigenvalue weighted by Crippen LogP contribution is -2.57. The van der Waals surface area contributed by atoms with Gasteiger partial charge in [-0.25, -0.2) is 0 Å². The highest BCUT2D eigenvalue weighted by Gasteiger charge is 2.51. The van der Waals surface area contributed by atoms with Gasteiger partial charge in [-0.3, -0.25) is 4.98 Å². The zero-order valence-corrected chi connectivity index (χ0v) is 16.6. The van der Waals surface area contributed by atoms with Crippen molar-refractivity contribution in [2.75, 3.05) is 14.2 Å². The summed E-state index contributed by atoms with van der Waals surface area (Å²) in [6.07, 6.45) is 9.26. The minimum atomic E-state index is 0.529. The number of methoxy groups -OCH3 is 2. The van der Waals surface area contributed by atoms with E-state index in [1.54, 1.807) is 14.2 Å². The van der Waals surface area contributed by atoms with Crippen molar-refractivity contribution in [2.45, 2.75) is 51.1 Å². The Balaban J connectivity index is 1.56. The average Bonchev–Trinajstić information content (AvgIpc) is 2.70. The lowest BCUT2D eigenvalue weighted by molar-refractivity contribution is 0.0252. The van der Waals surface area contributed by atoms with Crippen molar-refractivity contribution in [2.24, 2.45) is 11.8 Å². The first kappa shape index (κ1) is 18.3. The first-order chi connectivity index (χ1) is 13.2. The maximum Gasteiger partial charge on any atom is 0.160 e. The predicted octanol–water partition coefficient (Wildman–Crippen LogP) is 4.47. The number of aromatic nitrogens is 1. The van der Waals surface area contributed by atoms with Crippen LogP contribution in [0.1, 0.15) is 48.3 Å². The average molecular weight is 367 g/mol. The van der Waals surface area contributed by atoms with Crippen molar-refractivity contribution in [3.63, 3.8) is 0 Å². The van der Waals surface area contributed by atoms with Crippen LogP contribution in [0.15, 0.2) is 36.7 Å². The van der Waals surface area contributed by atoms with Crippen LogP contribution in [0.25, 0.3) is 0 Å². The quantitative estimate of drug-likeness (QED) is 0.819. The van der Waals surface area contributed by atoms with Crippen molar-refractivity contribution >= 4 is 0 Å². The summed E-state index contributed by atoms with van der Waals surface area (Å²) in [5.41, 5.74) is 3.97. The summed E-state index contributed by atoms with van der Waals surface area (Å²) in [6.45, 7) is 3.05. The van der Waals surface area contributed by atoms with Crippen molar-refractivity contribution in [1.82, 2.24) is 10.3 Å². The van der Waals surface area contributed by atoms with Crippen LogP contribution >= 0.6 is 0 Å². The van der Waals surface area contributed by atoms with E-state index in [0.717, 1.165) is 29.9 Å². The van der Waals surface area contributed by atoms with Gasteiger partial charge in [-0.2, -0.15) is 0 Å². The van der Waals surface area contributed by atoms with Crippen molar-refractivity contribution in [1.29, 1.82) is 0 Å². The van der Waals surface area contributed by atoms with Gasteiger partial charge >= 0.3 is 0 Å². The van der Waals surface area contributed by atoms with Crippen LogP contribution in [0.3, 0.4) is 0 Å². The Labute approximate surface area is 162 Å². The first-order valence-corrected chi connectivity index (χ1v) is 10.1. The Morgan fingerprint density at radius 2 is 1.81 bits per heavy atom. The van der Waals surface area contributed by atoms with E-state index >= 15 is 0 Å². The molecule has 4 rings (SSSR count). The fraction of sp³-hybridized carbons (Fsp3) is 0.522. The van der Waals surface area contributed by atoms with Gasteiger partial charge in [0, 0.05) is 30.9 Å². The van der Waals surface area contributed by atoms with E-state index in [4.69, 9.17) is 9.47 Å². The summed E-state index contributed by atoms with van der Waals surface area (Å²) in [6, 6.07) is 9.12. The Morgan fingerprint density at radius 1 is 1.04 bits per heavy atom. The van der Waals surface area contributed by atoms with Crippen molar-refractivity contribution in [3.8, 4) is 11.5 Å². The molecular weight excluding hydrogens is 336 g/mol. The molecule has 2 aromatic rings. The second kappa shape index (κ2) is 7.89. The standard InChI is InChI=1S/C23H30N2O2/c1-15-13-24-11-10-17(15)14-25-23-19-7-5-4-6-18(19)22(23)16-8-9-20(26-2)21(12-16)27-3/h8-13,18-19,22-23,25H,4-7,14H2,1-3H3/t18?,19?,22-,23-/m0/s1. The van der Waals surface area contributed by atoms with Crippen LogP contribution < -0.4 is 14.8 Å². The van der Waals surface area contributed by atoms with E-state index in [1.165, 1.54) is 42.4 Å². The van der Waals surface area contributed by atoms with Gasteiger partial charge in [0.15, 0.2) is 11.5 Å². The summed E-state index contributed by atoms with van der Waals surface area (Å²) in [5.74, 6) is 3.76. The molecule has 2 saturated carbocycles. The Morgan fingerprint density at radius 3 is 2.56 bits per heavy atom. The Bertz CT molecular complexity index is 792. The first-order valence-electron chi connectivity index (χ1n) is 10.1. The normalized spacial score (nSPS) is 26.8. The topological polar surface area (TPSA) is 43.4 Å². The summed E-state index contributed by atoms with van der Waals surface area (Å²) < 4.78 is 11.0. The van der Waals surface area contributed by atoms with Gasteiger partial charge in [-0.05, 0) is 66.5 Å². The lowest BCUT2D eigenvalue weighted by atomic mass is 9.53. The highest BCUT2D eigenvalue weighted by molar-refractivity contribution is 5.45. The maximum atomic E-state index is 5.56. The highest BCUT2D eigenvalue weighted by atomic mass is 16.5. The summed E-state index contributed by atoms with van der Waals surface area (Å²) >= 11 is 0. The van der Waals surface area contributed by atoms with E-state index in [2.05, 4.69) is 35.4 Å². The monoisotopic (exact) mass is 366 g/mol. The van der Waals surface area contributed by atoms with E-state index in [9.17, 15) is 0 Å². The molecule has 2 aliphatic carbocycles. The molecule has 4 atom stereocenters. The van der Waals surface area contributed by atoms with Crippen LogP contribution in [0.2, 0.25) is 0 Å². The highest BCUT2D eigenvalue weighted by Crippen LogP contribution is 2.55. The van der Waals surface area contributed by atoms with Crippen LogP contribution in [0.4, 0.5) is 0 Å². The summed E-state index contributed by atoms with van der Waals surface area (Å²) in [7, 11) is 3.41. The van der Waals surface area contributed by atoms with Crippen LogP contribution in [0, 0.1) is 18.8 Å². The molecule has 144 valence electrons. The fourth-order valence-electron chi connectivity index (χ4n) is 5.19. The summed E-state index contributed by atoms with van der Waals surface area (Å²) in [5, 5.41) is 3.89. The molecule has 2 unspecified atom stereocenters. The van der Waals surface area contributed by atoms with Crippen molar-refractivity contribution in [3.05, 3.63) is 53.3 Å². The second-order valence-corrected chi connectivity index (χ2v) is 7.96. The van der Waals surface area contributed by atoms with Crippen LogP contribution in [-0.4, -0.2) is 25.2 Å². The van der Waals surface area contributed by atoms with E-state index in [-0.39, 0.29) is 0 Å². The zero-order valence-electron chi connectivity index (χ0n) is 16.6. The van der Waals surface area contributed by atoms with Gasteiger partial charge in [0.05, 0.1) is 14.2 Å². The number of hydrogen-bond acceptors (Lipinski definition) is 4. The number of rotatable bonds is 6. The Kier molecular flexibility index (Phi) is 5.35. The molecule has 4 heteroatoms. The molecule has 2 aliphatic rings. The minimum absolute atomic E-state index is 0.529. The third kappa shape index (κ3) is 3.43. The van der Waals surface area contributed by atoms with Crippen molar-refractivity contribution < 1.29 is 9.47 Å². The zero-order chi connectivity index (χ0) is 18.8. The number of nitrogens with zero attached hydrogens (tertiary/aromatic N) is 1. The minimum Gasteiger partial charge on any atom is -0.493 e. The molecule has 2 fully saturated rings. The molecule has 0 spiro atoms. The number of nitrogens with one attached hydrogen (secondary N) is 1. The fourth-order valence-corrected chi connectivity index (χ4v) is 5.19. The van der Waals surface area contributed by atoms with Gasteiger partial charge in [-0.1, -0.05) is 18.9 Å². The smallest absolute Gasteiger partial charge is 0.160 e. The molecule has 1 heterocycles. The number of benzene rings is 1. The molecular formula is C23H30N2O2. The van der Waals surface area contributed by atoms with Gasteiger partial charge in [0.2, 0.25) is 0 Å². The second-order valence-electron chi connectivity index (χ2n) is 7.96. The van der Waals surface area contributed by atoms with Crippen LogP contribution in [-0.2, 0) is 6.54 Å².